The second kappa shape index (κ2) is 5.06. The Labute approximate surface area is 118 Å². The largest absolute Gasteiger partial charge is 0.398 e. The number of carbonyl (C=O) groups is 1. The average Bonchev–Trinajstić information content (AvgIpc) is 2.29. The molecule has 0 spiro atoms. The average molecular weight is 358 g/mol. The summed E-state index contributed by atoms with van der Waals surface area (Å²) in [7, 11) is 0. The molecule has 0 fully saturated rings. The van der Waals surface area contributed by atoms with Crippen molar-refractivity contribution in [3.8, 4) is 0 Å². The topological polar surface area (TPSA) is 43.1 Å². The van der Waals surface area contributed by atoms with E-state index in [0.717, 1.165) is 3.57 Å². The van der Waals surface area contributed by atoms with Crippen molar-refractivity contribution in [2.45, 2.75) is 0 Å². The molecule has 86 valence electrons. The Hall–Kier alpha value is -1.07. The lowest BCUT2D eigenvalue weighted by Crippen LogP contribution is -2.05. The number of nitrogen functional groups attached to an aromatic ring is 1. The van der Waals surface area contributed by atoms with Gasteiger partial charge in [0, 0.05) is 25.4 Å². The minimum Gasteiger partial charge on any atom is -0.398 e. The highest BCUT2D eigenvalue weighted by Gasteiger charge is 2.12. The van der Waals surface area contributed by atoms with Crippen LogP contribution >= 0.6 is 34.2 Å². The molecule has 0 saturated heterocycles. The maximum atomic E-state index is 12.2. The molecule has 2 N–H and O–H groups in total. The number of ketones is 1. The zero-order valence-corrected chi connectivity index (χ0v) is 11.7. The van der Waals surface area contributed by atoms with Gasteiger partial charge >= 0.3 is 0 Å². The Morgan fingerprint density at radius 2 is 1.76 bits per heavy atom. The van der Waals surface area contributed by atoms with Crippen molar-refractivity contribution in [1.29, 1.82) is 0 Å². The summed E-state index contributed by atoms with van der Waals surface area (Å²) in [6.45, 7) is 0. The van der Waals surface area contributed by atoms with Gasteiger partial charge in [-0.05, 0) is 65.1 Å². The first-order chi connectivity index (χ1) is 8.08. The van der Waals surface area contributed by atoms with Gasteiger partial charge in [0.2, 0.25) is 0 Å². The number of nitrogens with two attached hydrogens (primary N) is 1. The van der Waals surface area contributed by atoms with Crippen LogP contribution in [0.1, 0.15) is 15.9 Å². The molecule has 0 heterocycles. The van der Waals surface area contributed by atoms with Gasteiger partial charge in [0.25, 0.3) is 0 Å². The summed E-state index contributed by atoms with van der Waals surface area (Å²) in [6.07, 6.45) is 0. The lowest BCUT2D eigenvalue weighted by molar-refractivity contribution is 0.103. The highest BCUT2D eigenvalue weighted by Crippen LogP contribution is 2.21. The fraction of sp³-hybridized carbons (Fsp3) is 0. The molecule has 0 aliphatic carbocycles. The fourth-order valence-electron chi connectivity index (χ4n) is 1.50. The summed E-state index contributed by atoms with van der Waals surface area (Å²) in [4.78, 5) is 12.2. The summed E-state index contributed by atoms with van der Waals surface area (Å²) in [5, 5.41) is 0.529. The van der Waals surface area contributed by atoms with Crippen LogP contribution in [0.5, 0.6) is 0 Å². The Morgan fingerprint density at radius 3 is 2.35 bits per heavy atom. The van der Waals surface area contributed by atoms with Gasteiger partial charge in [-0.25, -0.2) is 0 Å². The van der Waals surface area contributed by atoms with E-state index >= 15 is 0 Å². The number of hydrogen-bond donors (Lipinski definition) is 1. The second-order valence-electron chi connectivity index (χ2n) is 3.57. The molecule has 0 aliphatic rings. The third kappa shape index (κ3) is 2.79. The van der Waals surface area contributed by atoms with Crippen LogP contribution in [0.25, 0.3) is 0 Å². The van der Waals surface area contributed by atoms with E-state index in [1.165, 1.54) is 0 Å². The monoisotopic (exact) mass is 357 g/mol. The lowest BCUT2D eigenvalue weighted by atomic mass is 10.0. The van der Waals surface area contributed by atoms with E-state index in [9.17, 15) is 4.79 Å². The van der Waals surface area contributed by atoms with Crippen LogP contribution in [-0.4, -0.2) is 5.78 Å². The highest BCUT2D eigenvalue weighted by atomic mass is 127. The molecule has 0 saturated carbocycles. The molecule has 2 nitrogen and oxygen atoms in total. The standard InChI is InChI=1S/C13H9ClINO/c14-9-3-6-11(12(16)7-9)13(17)8-1-4-10(15)5-2-8/h1-7H,16H2. The normalized spacial score (nSPS) is 10.2. The van der Waals surface area contributed by atoms with E-state index in [0.29, 0.717) is 21.8 Å². The van der Waals surface area contributed by atoms with Crippen LogP contribution in [-0.2, 0) is 0 Å². The van der Waals surface area contributed by atoms with Crippen LogP contribution in [0, 0.1) is 3.57 Å². The van der Waals surface area contributed by atoms with Gasteiger partial charge in [-0.2, -0.15) is 0 Å². The van der Waals surface area contributed by atoms with Crippen LogP contribution in [0.2, 0.25) is 5.02 Å². The minimum atomic E-state index is -0.0874. The van der Waals surface area contributed by atoms with Gasteiger partial charge in [0.05, 0.1) is 0 Å². The van der Waals surface area contributed by atoms with Crippen molar-refractivity contribution in [2.24, 2.45) is 0 Å². The molecule has 2 rings (SSSR count). The molecule has 0 aliphatic heterocycles. The molecule has 0 aromatic heterocycles. The number of halogens is 2. The molecule has 2 aromatic carbocycles. The summed E-state index contributed by atoms with van der Waals surface area (Å²) in [5.74, 6) is -0.0874. The van der Waals surface area contributed by atoms with Crippen molar-refractivity contribution >= 4 is 45.7 Å². The van der Waals surface area contributed by atoms with Gasteiger partial charge in [-0.1, -0.05) is 11.6 Å². The van der Waals surface area contributed by atoms with Gasteiger partial charge in [0.15, 0.2) is 5.78 Å². The smallest absolute Gasteiger partial charge is 0.195 e. The summed E-state index contributed by atoms with van der Waals surface area (Å²) in [5.41, 5.74) is 7.29. The first-order valence-electron chi connectivity index (χ1n) is 4.93. The number of benzene rings is 2. The van der Waals surface area contributed by atoms with Gasteiger partial charge < -0.3 is 5.73 Å². The Balaban J connectivity index is 2.40. The first kappa shape index (κ1) is 12.4. The summed E-state index contributed by atoms with van der Waals surface area (Å²) >= 11 is 7.99. The molecule has 2 aromatic rings. The van der Waals surface area contributed by atoms with Gasteiger partial charge in [-0.15, -0.1) is 0 Å². The summed E-state index contributed by atoms with van der Waals surface area (Å²) in [6, 6.07) is 12.3. The minimum absolute atomic E-state index is 0.0874. The number of rotatable bonds is 2. The lowest BCUT2D eigenvalue weighted by Gasteiger charge is -2.05. The van der Waals surface area contributed by atoms with E-state index in [4.69, 9.17) is 17.3 Å². The molecule has 0 bridgehead atoms. The zero-order valence-electron chi connectivity index (χ0n) is 8.78. The first-order valence-corrected chi connectivity index (χ1v) is 6.39. The molecular weight excluding hydrogens is 349 g/mol. The van der Waals surface area contributed by atoms with Gasteiger partial charge in [0.1, 0.15) is 0 Å². The van der Waals surface area contributed by atoms with E-state index in [1.807, 2.05) is 12.1 Å². The fourth-order valence-corrected chi connectivity index (χ4v) is 2.04. The molecule has 0 radical (unpaired) electrons. The van der Waals surface area contributed by atoms with E-state index in [1.54, 1.807) is 30.3 Å². The third-order valence-corrected chi connectivity index (χ3v) is 3.32. The molecule has 17 heavy (non-hydrogen) atoms. The molecule has 0 atom stereocenters. The van der Waals surface area contributed by atoms with Crippen LogP contribution < -0.4 is 5.73 Å². The van der Waals surface area contributed by atoms with Crippen molar-refractivity contribution in [1.82, 2.24) is 0 Å². The van der Waals surface area contributed by atoms with Crippen molar-refractivity contribution in [2.75, 3.05) is 5.73 Å². The van der Waals surface area contributed by atoms with Gasteiger partial charge in [-0.3, -0.25) is 4.79 Å². The number of hydrogen-bond acceptors (Lipinski definition) is 2. The van der Waals surface area contributed by atoms with Crippen molar-refractivity contribution < 1.29 is 4.79 Å². The van der Waals surface area contributed by atoms with E-state index in [-0.39, 0.29) is 5.78 Å². The van der Waals surface area contributed by atoms with Crippen molar-refractivity contribution in [3.05, 3.63) is 62.2 Å². The Morgan fingerprint density at radius 1 is 1.12 bits per heavy atom. The highest BCUT2D eigenvalue weighted by molar-refractivity contribution is 14.1. The Kier molecular flexibility index (Phi) is 3.69. The van der Waals surface area contributed by atoms with E-state index in [2.05, 4.69) is 22.6 Å². The van der Waals surface area contributed by atoms with Crippen molar-refractivity contribution in [3.63, 3.8) is 0 Å². The van der Waals surface area contributed by atoms with E-state index < -0.39 is 0 Å². The quantitative estimate of drug-likeness (QED) is 0.505. The van der Waals surface area contributed by atoms with Crippen LogP contribution in [0.4, 0.5) is 5.69 Å². The zero-order chi connectivity index (χ0) is 12.4. The molecule has 0 amide bonds. The Bertz CT molecular complexity index is 566. The molecular formula is C13H9ClINO. The molecule has 0 unspecified atom stereocenters. The number of anilines is 1. The predicted molar refractivity (Wildman–Crippen MR) is 78.5 cm³/mol. The van der Waals surface area contributed by atoms with Crippen LogP contribution in [0.15, 0.2) is 42.5 Å². The maximum Gasteiger partial charge on any atom is 0.195 e. The summed E-state index contributed by atoms with van der Waals surface area (Å²) < 4.78 is 1.09. The van der Waals surface area contributed by atoms with Crippen LogP contribution in [0.3, 0.4) is 0 Å². The maximum absolute atomic E-state index is 12.2. The molecule has 4 heteroatoms. The predicted octanol–water partition coefficient (Wildman–Crippen LogP) is 3.76. The third-order valence-electron chi connectivity index (χ3n) is 2.36. The SMILES string of the molecule is Nc1cc(Cl)ccc1C(=O)c1ccc(I)cc1. The number of carbonyl (C=O) groups excluding carboxylic acids is 1. The second-order valence-corrected chi connectivity index (χ2v) is 5.25.